The first-order chi connectivity index (χ1) is 25.1. The molecule has 0 saturated heterocycles. The molecule has 0 aliphatic heterocycles. The summed E-state index contributed by atoms with van der Waals surface area (Å²) in [6.45, 7) is 1.85. The normalized spacial score (nSPS) is 13.8. The van der Waals surface area contributed by atoms with Gasteiger partial charge in [-0.3, -0.25) is 38.4 Å². The molecule has 53 heavy (non-hydrogen) atoms. The highest BCUT2D eigenvalue weighted by Crippen LogP contribution is 2.17. The molecule has 0 saturated carbocycles. The molecule has 19 heteroatoms. The SMILES string of the molecule is CC(C)C(NC(=O)C(CO)NC(=O)C(CC(N)=O)NC(=O)C(Cc1ccc2ccccc2c1)NC(=O)CC(N)C(=O)O)C(=O)NCC(=O)NCCCO. The molecule has 5 atom stereocenters. The summed E-state index contributed by atoms with van der Waals surface area (Å²) in [5, 5.41) is 43.9. The molecule has 0 aliphatic carbocycles. The molecule has 290 valence electrons. The zero-order valence-corrected chi connectivity index (χ0v) is 29.4. The summed E-state index contributed by atoms with van der Waals surface area (Å²) in [6.07, 6.45) is -1.27. The number of amides is 7. The molecule has 5 unspecified atom stereocenters. The van der Waals surface area contributed by atoms with Crippen molar-refractivity contribution in [3.8, 4) is 0 Å². The maximum absolute atomic E-state index is 13.6. The number of primary amides is 1. The maximum Gasteiger partial charge on any atom is 0.321 e. The van der Waals surface area contributed by atoms with Crippen LogP contribution in [0.5, 0.6) is 0 Å². The van der Waals surface area contributed by atoms with Gasteiger partial charge < -0.3 is 58.7 Å². The first kappa shape index (κ1) is 43.5. The highest BCUT2D eigenvalue weighted by atomic mass is 16.4. The van der Waals surface area contributed by atoms with Crippen LogP contribution in [0.25, 0.3) is 10.8 Å². The predicted molar refractivity (Wildman–Crippen MR) is 189 cm³/mol. The van der Waals surface area contributed by atoms with Gasteiger partial charge in [-0.2, -0.15) is 0 Å². The summed E-state index contributed by atoms with van der Waals surface area (Å²) in [4.78, 5) is 101. The average molecular weight is 745 g/mol. The number of rotatable bonds is 22. The molecular formula is C34H48N8O11. The van der Waals surface area contributed by atoms with Gasteiger partial charge >= 0.3 is 5.97 Å². The van der Waals surface area contributed by atoms with Gasteiger partial charge in [-0.25, -0.2) is 0 Å². The van der Waals surface area contributed by atoms with Crippen LogP contribution in [0.3, 0.4) is 0 Å². The minimum Gasteiger partial charge on any atom is -0.480 e. The first-order valence-corrected chi connectivity index (χ1v) is 16.8. The molecule has 19 nitrogen and oxygen atoms in total. The summed E-state index contributed by atoms with van der Waals surface area (Å²) < 4.78 is 0. The zero-order chi connectivity index (χ0) is 39.7. The Hall–Kier alpha value is -5.66. The lowest BCUT2D eigenvalue weighted by Gasteiger charge is -2.26. The van der Waals surface area contributed by atoms with Gasteiger partial charge in [0.05, 0.1) is 26.0 Å². The van der Waals surface area contributed by atoms with E-state index in [0.29, 0.717) is 12.0 Å². The number of aliphatic carboxylic acids is 1. The number of carbonyl (C=O) groups is 8. The van der Waals surface area contributed by atoms with Gasteiger partial charge in [0, 0.05) is 19.6 Å². The topological polar surface area (TPSA) is 321 Å². The summed E-state index contributed by atoms with van der Waals surface area (Å²) in [7, 11) is 0. The van der Waals surface area contributed by atoms with E-state index in [-0.39, 0.29) is 19.6 Å². The smallest absolute Gasteiger partial charge is 0.321 e. The van der Waals surface area contributed by atoms with Crippen LogP contribution in [0.2, 0.25) is 0 Å². The van der Waals surface area contributed by atoms with Crippen molar-refractivity contribution in [3.05, 3.63) is 48.0 Å². The fourth-order valence-corrected chi connectivity index (χ4v) is 4.94. The van der Waals surface area contributed by atoms with Crippen molar-refractivity contribution in [2.75, 3.05) is 26.3 Å². The van der Waals surface area contributed by atoms with Gasteiger partial charge in [0.15, 0.2) is 0 Å². The van der Waals surface area contributed by atoms with Gasteiger partial charge in [-0.15, -0.1) is 0 Å². The molecule has 7 amide bonds. The number of hydrogen-bond donors (Lipinski definition) is 11. The van der Waals surface area contributed by atoms with Crippen LogP contribution >= 0.6 is 0 Å². The fraction of sp³-hybridized carbons (Fsp3) is 0.471. The number of hydrogen-bond acceptors (Lipinski definition) is 11. The molecule has 2 aromatic rings. The lowest BCUT2D eigenvalue weighted by molar-refractivity contribution is -0.140. The number of aliphatic hydroxyl groups excluding tert-OH is 2. The van der Waals surface area contributed by atoms with E-state index < -0.39 is 109 Å². The van der Waals surface area contributed by atoms with E-state index in [4.69, 9.17) is 21.7 Å². The van der Waals surface area contributed by atoms with E-state index in [1.54, 1.807) is 38.1 Å². The maximum atomic E-state index is 13.6. The van der Waals surface area contributed by atoms with Gasteiger partial charge in [0.25, 0.3) is 0 Å². The Bertz CT molecular complexity index is 1640. The number of carboxylic acids is 1. The van der Waals surface area contributed by atoms with Crippen LogP contribution in [0, 0.1) is 5.92 Å². The van der Waals surface area contributed by atoms with Crippen LogP contribution in [0.15, 0.2) is 42.5 Å². The number of nitrogens with one attached hydrogen (secondary N) is 6. The highest BCUT2D eigenvalue weighted by Gasteiger charge is 2.33. The van der Waals surface area contributed by atoms with Crippen molar-refractivity contribution < 1.29 is 53.7 Å². The molecule has 0 bridgehead atoms. The molecule has 0 aromatic heterocycles. The second-order valence-electron chi connectivity index (χ2n) is 12.5. The number of fused-ring (bicyclic) bond motifs is 1. The van der Waals surface area contributed by atoms with Crippen LogP contribution in [-0.2, 0) is 44.8 Å². The molecule has 0 spiro atoms. The molecule has 0 aliphatic rings. The summed E-state index contributed by atoms with van der Waals surface area (Å²) >= 11 is 0. The van der Waals surface area contributed by atoms with Crippen molar-refractivity contribution in [1.82, 2.24) is 31.9 Å². The van der Waals surface area contributed by atoms with Crippen LogP contribution in [0.4, 0.5) is 0 Å². The number of carboxylic acid groups (broad SMARTS) is 1. The van der Waals surface area contributed by atoms with Gasteiger partial charge in [-0.1, -0.05) is 56.3 Å². The number of carbonyl (C=O) groups excluding carboxylic acids is 7. The van der Waals surface area contributed by atoms with E-state index in [1.807, 2.05) is 18.2 Å². The molecule has 2 rings (SSSR count). The zero-order valence-electron chi connectivity index (χ0n) is 29.4. The Morgan fingerprint density at radius 2 is 1.34 bits per heavy atom. The second-order valence-corrected chi connectivity index (χ2v) is 12.5. The van der Waals surface area contributed by atoms with Gasteiger partial charge in [-0.05, 0) is 28.7 Å². The third-order valence-electron chi connectivity index (χ3n) is 7.81. The second kappa shape index (κ2) is 21.6. The molecule has 0 fully saturated rings. The Morgan fingerprint density at radius 3 is 1.94 bits per heavy atom. The Balaban J connectivity index is 2.22. The standard InChI is InChI=1S/C34H48N8O11/c1-18(2)29(33(51)38-16-28(47)37-10-5-11-43)42-32(50)25(17-44)41-31(49)24(15-26(36)45)40-30(48)23(39-27(46)14-22(35)34(52)53)13-19-8-9-20-6-3-4-7-21(20)12-19/h3-4,6-9,12,18,22-25,29,43-44H,5,10-11,13-17,35H2,1-2H3,(H2,36,45)(H,37,47)(H,38,51)(H,39,46)(H,40,48)(H,41,49)(H,42,50)(H,52,53). The number of aliphatic hydroxyl groups is 2. The lowest BCUT2D eigenvalue weighted by Crippen LogP contribution is -2.60. The quantitative estimate of drug-likeness (QED) is 0.0519. The van der Waals surface area contributed by atoms with Crippen molar-refractivity contribution >= 4 is 58.1 Å². The molecule has 2 aromatic carbocycles. The monoisotopic (exact) mass is 744 g/mol. The van der Waals surface area contributed by atoms with E-state index in [2.05, 4.69) is 31.9 Å². The molecular weight excluding hydrogens is 696 g/mol. The van der Waals surface area contributed by atoms with E-state index in [9.17, 15) is 43.5 Å². The Kier molecular flexibility index (Phi) is 17.8. The first-order valence-electron chi connectivity index (χ1n) is 16.8. The third-order valence-corrected chi connectivity index (χ3v) is 7.81. The highest BCUT2D eigenvalue weighted by molar-refractivity contribution is 5.98. The van der Waals surface area contributed by atoms with Gasteiger partial charge in [0.2, 0.25) is 41.4 Å². The number of benzene rings is 2. The lowest BCUT2D eigenvalue weighted by atomic mass is 10.00. The molecule has 0 radical (unpaired) electrons. The minimum atomic E-state index is -1.72. The van der Waals surface area contributed by atoms with Crippen LogP contribution < -0.4 is 43.4 Å². The van der Waals surface area contributed by atoms with E-state index in [0.717, 1.165) is 10.8 Å². The van der Waals surface area contributed by atoms with Crippen molar-refractivity contribution in [1.29, 1.82) is 0 Å². The molecule has 13 N–H and O–H groups in total. The third kappa shape index (κ3) is 14.8. The van der Waals surface area contributed by atoms with Crippen LogP contribution in [-0.4, -0.2) is 119 Å². The predicted octanol–water partition coefficient (Wildman–Crippen LogP) is -3.74. The number of nitrogens with two attached hydrogens (primary N) is 2. The summed E-state index contributed by atoms with van der Waals surface area (Å²) in [5.74, 6) is -8.28. The fourth-order valence-electron chi connectivity index (χ4n) is 4.94. The van der Waals surface area contributed by atoms with Crippen molar-refractivity contribution in [2.45, 2.75) is 69.7 Å². The minimum absolute atomic E-state index is 0.136. The summed E-state index contributed by atoms with van der Waals surface area (Å²) in [6, 6.07) is 5.00. The summed E-state index contributed by atoms with van der Waals surface area (Å²) in [5.41, 5.74) is 11.4. The van der Waals surface area contributed by atoms with E-state index >= 15 is 0 Å². The Morgan fingerprint density at radius 1 is 0.717 bits per heavy atom. The largest absolute Gasteiger partial charge is 0.480 e. The van der Waals surface area contributed by atoms with Crippen molar-refractivity contribution in [3.63, 3.8) is 0 Å². The average Bonchev–Trinajstić information content (AvgIpc) is 3.10. The molecule has 0 heterocycles. The van der Waals surface area contributed by atoms with Gasteiger partial charge in [0.1, 0.15) is 30.2 Å². The Labute approximate surface area is 305 Å². The van der Waals surface area contributed by atoms with Crippen LogP contribution in [0.1, 0.15) is 38.7 Å². The van der Waals surface area contributed by atoms with Crippen molar-refractivity contribution in [2.24, 2.45) is 17.4 Å². The van der Waals surface area contributed by atoms with E-state index in [1.165, 1.54) is 0 Å².